The van der Waals surface area contributed by atoms with Crippen molar-refractivity contribution in [2.24, 2.45) is 17.8 Å². The summed E-state index contributed by atoms with van der Waals surface area (Å²) in [6.45, 7) is 4.17. The van der Waals surface area contributed by atoms with Crippen molar-refractivity contribution in [2.75, 3.05) is 6.54 Å². The van der Waals surface area contributed by atoms with Crippen LogP contribution in [0.3, 0.4) is 0 Å². The molecule has 0 spiro atoms. The second kappa shape index (κ2) is 16.7. The minimum absolute atomic E-state index is 0.0505. The molecule has 2 aromatic carbocycles. The molecule has 1 aliphatic heterocycles. The normalized spacial score (nSPS) is 18.5. The van der Waals surface area contributed by atoms with E-state index in [0.717, 1.165) is 42.4 Å². The van der Waals surface area contributed by atoms with Gasteiger partial charge in [0.05, 0.1) is 16.3 Å². The van der Waals surface area contributed by atoms with E-state index in [2.05, 4.69) is 26.3 Å². The Morgan fingerprint density at radius 2 is 1.58 bits per heavy atom. The average Bonchev–Trinajstić information content (AvgIpc) is 3.71. The average molecular weight is 676 g/mol. The van der Waals surface area contributed by atoms with Gasteiger partial charge in [0, 0.05) is 12.5 Å². The Kier molecular flexibility index (Phi) is 12.2. The van der Waals surface area contributed by atoms with Gasteiger partial charge in [0.2, 0.25) is 23.5 Å². The van der Waals surface area contributed by atoms with Crippen LogP contribution in [-0.2, 0) is 25.7 Å². The molecule has 0 radical (unpaired) electrons. The number of amides is 4. The third-order valence-corrected chi connectivity index (χ3v) is 10.2. The highest BCUT2D eigenvalue weighted by atomic mass is 32.1. The van der Waals surface area contributed by atoms with Crippen LogP contribution in [0.1, 0.15) is 80.6 Å². The quantitative estimate of drug-likeness (QED) is 0.177. The number of nitrogens with one attached hydrogen (secondary N) is 4. The monoisotopic (exact) mass is 675 g/mol. The van der Waals surface area contributed by atoms with Crippen LogP contribution in [-0.4, -0.2) is 59.3 Å². The van der Waals surface area contributed by atoms with E-state index in [1.165, 1.54) is 11.3 Å². The lowest BCUT2D eigenvalue weighted by atomic mass is 9.84. The minimum atomic E-state index is -1.01. The molecular formula is C36H45N5O6S. The first-order valence-corrected chi connectivity index (χ1v) is 17.7. The highest BCUT2D eigenvalue weighted by Crippen LogP contribution is 2.29. The predicted molar refractivity (Wildman–Crippen MR) is 183 cm³/mol. The Hall–Kier alpha value is -4.32. The molecule has 4 N–H and O–H groups in total. The third kappa shape index (κ3) is 9.40. The van der Waals surface area contributed by atoms with Gasteiger partial charge >= 0.3 is 6.09 Å². The lowest BCUT2D eigenvalue weighted by molar-refractivity contribution is -0.131. The van der Waals surface area contributed by atoms with Gasteiger partial charge < -0.3 is 26.0 Å². The van der Waals surface area contributed by atoms with Gasteiger partial charge in [0.25, 0.3) is 0 Å². The smallest absolute Gasteiger partial charge is 0.408 e. The van der Waals surface area contributed by atoms with Crippen LogP contribution in [0.15, 0.2) is 54.6 Å². The summed E-state index contributed by atoms with van der Waals surface area (Å²) in [5.74, 6) is -2.05. The van der Waals surface area contributed by atoms with E-state index in [-0.39, 0.29) is 41.6 Å². The minimum Gasteiger partial charge on any atom is -0.445 e. The van der Waals surface area contributed by atoms with Crippen LogP contribution in [0.2, 0.25) is 0 Å². The van der Waals surface area contributed by atoms with E-state index < -0.39 is 42.0 Å². The van der Waals surface area contributed by atoms with Crippen molar-refractivity contribution in [3.8, 4) is 0 Å². The van der Waals surface area contributed by atoms with Crippen molar-refractivity contribution in [2.45, 2.75) is 89.9 Å². The molecule has 12 heteroatoms. The first-order valence-electron chi connectivity index (χ1n) is 16.9. The van der Waals surface area contributed by atoms with Crippen molar-refractivity contribution in [1.29, 1.82) is 0 Å². The fraction of sp³-hybridized carbons (Fsp3) is 0.500. The first kappa shape index (κ1) is 35.0. The number of para-hydroxylation sites is 1. The number of rotatable bonds is 14. The summed E-state index contributed by atoms with van der Waals surface area (Å²) in [6.07, 6.45) is 5.44. The Labute approximate surface area is 285 Å². The van der Waals surface area contributed by atoms with Gasteiger partial charge in [-0.1, -0.05) is 88.4 Å². The SMILES string of the molecule is CC(C)[C@H](NC(=O)OCc1ccccc1)C(=O)N[C@@H](CC1CCCCC1)C(=O)N[C@@H](C[C@@H]1CCNC1=O)C(=O)c1nc2ccccc2s1. The number of thiazole rings is 1. The van der Waals surface area contributed by atoms with Gasteiger partial charge in [-0.05, 0) is 48.8 Å². The molecule has 5 rings (SSSR count). The highest BCUT2D eigenvalue weighted by molar-refractivity contribution is 7.20. The van der Waals surface area contributed by atoms with E-state index in [9.17, 15) is 24.0 Å². The number of carbonyl (C=O) groups excluding carboxylic acids is 5. The molecule has 2 heterocycles. The van der Waals surface area contributed by atoms with Gasteiger partial charge in [0.15, 0.2) is 5.01 Å². The molecule has 4 atom stereocenters. The van der Waals surface area contributed by atoms with Crippen LogP contribution in [0.5, 0.6) is 0 Å². The van der Waals surface area contributed by atoms with Crippen LogP contribution in [0, 0.1) is 17.8 Å². The fourth-order valence-electron chi connectivity index (χ4n) is 6.46. The lowest BCUT2D eigenvalue weighted by Crippen LogP contribution is -2.57. The number of hydrogen-bond donors (Lipinski definition) is 4. The first-order chi connectivity index (χ1) is 23.2. The second-order valence-electron chi connectivity index (χ2n) is 13.2. The second-order valence-corrected chi connectivity index (χ2v) is 14.2. The number of benzene rings is 2. The van der Waals surface area contributed by atoms with Gasteiger partial charge in [-0.2, -0.15) is 0 Å². The Bertz CT molecular complexity index is 1550. The van der Waals surface area contributed by atoms with Crippen molar-refractivity contribution in [3.63, 3.8) is 0 Å². The summed E-state index contributed by atoms with van der Waals surface area (Å²) in [5.41, 5.74) is 1.50. The standard InChI is InChI=1S/C36H45N5O6S/c1-22(2)30(41-36(46)47-21-24-13-7-4-8-14-24)34(45)39-28(19-23-11-5-3-6-12-23)33(44)38-27(20-25-17-18-37-32(25)43)31(42)35-40-26-15-9-10-16-29(26)48-35/h4,7-10,13-16,22-23,25,27-28,30H,3,5-6,11-12,17-21H2,1-2H3,(H,37,43)(H,38,44)(H,39,45)(H,41,46)/t25-,27-,28-,30-/m0/s1. The molecule has 256 valence electrons. The summed E-state index contributed by atoms with van der Waals surface area (Å²) in [4.78, 5) is 71.5. The van der Waals surface area contributed by atoms with Crippen molar-refractivity contribution < 1.29 is 28.7 Å². The van der Waals surface area contributed by atoms with Crippen molar-refractivity contribution in [1.82, 2.24) is 26.3 Å². The summed E-state index contributed by atoms with van der Waals surface area (Å²) in [7, 11) is 0. The number of ether oxygens (including phenoxy) is 1. The molecule has 1 aromatic heterocycles. The third-order valence-electron chi connectivity index (χ3n) is 9.18. The van der Waals surface area contributed by atoms with Gasteiger partial charge in [-0.15, -0.1) is 11.3 Å². The molecule has 1 aliphatic carbocycles. The van der Waals surface area contributed by atoms with E-state index in [1.807, 2.05) is 54.6 Å². The highest BCUT2D eigenvalue weighted by Gasteiger charge is 2.36. The number of alkyl carbamates (subject to hydrolysis) is 1. The Morgan fingerprint density at radius 1 is 0.875 bits per heavy atom. The van der Waals surface area contributed by atoms with E-state index in [0.29, 0.717) is 24.9 Å². The molecule has 2 fully saturated rings. The number of carbonyl (C=O) groups is 5. The lowest BCUT2D eigenvalue weighted by Gasteiger charge is -2.30. The van der Waals surface area contributed by atoms with Crippen molar-refractivity contribution >= 4 is 51.2 Å². The maximum Gasteiger partial charge on any atom is 0.408 e. The molecule has 11 nitrogen and oxygen atoms in total. The van der Waals surface area contributed by atoms with Crippen molar-refractivity contribution in [3.05, 3.63) is 65.2 Å². The molecule has 1 saturated heterocycles. The molecular weight excluding hydrogens is 630 g/mol. The molecule has 0 unspecified atom stereocenters. The fourth-order valence-corrected chi connectivity index (χ4v) is 7.42. The number of nitrogens with zero attached hydrogens (tertiary/aromatic N) is 1. The van der Waals surface area contributed by atoms with Gasteiger partial charge in [0.1, 0.15) is 18.7 Å². The largest absolute Gasteiger partial charge is 0.445 e. The number of fused-ring (bicyclic) bond motifs is 1. The van der Waals surface area contributed by atoms with E-state index >= 15 is 0 Å². The summed E-state index contributed by atoms with van der Waals surface area (Å²) in [6, 6.07) is 13.7. The predicted octanol–water partition coefficient (Wildman–Crippen LogP) is 4.90. The maximum absolute atomic E-state index is 14.1. The zero-order chi connectivity index (χ0) is 34.0. The van der Waals surface area contributed by atoms with Crippen LogP contribution in [0.4, 0.5) is 4.79 Å². The van der Waals surface area contributed by atoms with Crippen LogP contribution < -0.4 is 21.3 Å². The molecule has 1 saturated carbocycles. The number of Topliss-reactive ketones (excluding diaryl/α,β-unsaturated/α-hetero) is 1. The van der Waals surface area contributed by atoms with Crippen LogP contribution in [0.25, 0.3) is 10.2 Å². The number of aromatic nitrogens is 1. The van der Waals surface area contributed by atoms with E-state index in [1.54, 1.807) is 13.8 Å². The van der Waals surface area contributed by atoms with Gasteiger partial charge in [-0.25, -0.2) is 9.78 Å². The maximum atomic E-state index is 14.1. The molecule has 3 aromatic rings. The summed E-state index contributed by atoms with van der Waals surface area (Å²) < 4.78 is 6.21. The molecule has 48 heavy (non-hydrogen) atoms. The zero-order valence-electron chi connectivity index (χ0n) is 27.5. The Morgan fingerprint density at radius 3 is 2.27 bits per heavy atom. The van der Waals surface area contributed by atoms with Crippen LogP contribution >= 0.6 is 11.3 Å². The summed E-state index contributed by atoms with van der Waals surface area (Å²) in [5, 5.41) is 11.6. The van der Waals surface area contributed by atoms with Gasteiger partial charge in [-0.3, -0.25) is 19.2 Å². The molecule has 4 amide bonds. The number of hydrogen-bond acceptors (Lipinski definition) is 8. The zero-order valence-corrected chi connectivity index (χ0v) is 28.4. The van der Waals surface area contributed by atoms with E-state index in [4.69, 9.17) is 4.74 Å². The summed E-state index contributed by atoms with van der Waals surface area (Å²) >= 11 is 1.25. The number of ketones is 1. The molecule has 2 aliphatic rings. The Balaban J connectivity index is 1.32. The molecule has 0 bridgehead atoms. The topological polar surface area (TPSA) is 156 Å².